The van der Waals surface area contributed by atoms with Crippen LogP contribution >= 0.6 is 11.3 Å². The third-order valence-corrected chi connectivity index (χ3v) is 3.62. The van der Waals surface area contributed by atoms with Crippen molar-refractivity contribution in [2.45, 2.75) is 19.5 Å². The number of hydrogen-bond acceptors (Lipinski definition) is 4. The molecule has 1 unspecified atom stereocenters. The standard InChI is InChI=1S/C14H19N3S/c1-11(14-15-8-9-18-14)16-13-6-4-12(5-7-13)10-17(2)3/h4-9,11,16H,10H2,1-3H3. The van der Waals surface area contributed by atoms with Crippen molar-refractivity contribution in [2.24, 2.45) is 0 Å². The van der Waals surface area contributed by atoms with Crippen LogP contribution in [0, 0.1) is 0 Å². The Kier molecular flexibility index (Phi) is 4.33. The van der Waals surface area contributed by atoms with Crippen LogP contribution in [0.15, 0.2) is 35.8 Å². The fourth-order valence-corrected chi connectivity index (χ4v) is 2.48. The van der Waals surface area contributed by atoms with Gasteiger partial charge in [0, 0.05) is 23.8 Å². The number of benzene rings is 1. The minimum absolute atomic E-state index is 0.254. The molecule has 2 aromatic rings. The Morgan fingerprint density at radius 3 is 2.56 bits per heavy atom. The second-order valence-corrected chi connectivity index (χ2v) is 5.60. The Hall–Kier alpha value is -1.39. The van der Waals surface area contributed by atoms with Crippen LogP contribution in [0.5, 0.6) is 0 Å². The summed E-state index contributed by atoms with van der Waals surface area (Å²) < 4.78 is 0. The fourth-order valence-electron chi connectivity index (χ4n) is 1.83. The molecule has 0 aliphatic carbocycles. The van der Waals surface area contributed by atoms with Crippen LogP contribution in [0.4, 0.5) is 5.69 Å². The number of thiazole rings is 1. The molecule has 3 nitrogen and oxygen atoms in total. The molecule has 1 aromatic heterocycles. The van der Waals surface area contributed by atoms with E-state index in [0.717, 1.165) is 17.2 Å². The lowest BCUT2D eigenvalue weighted by atomic mass is 10.2. The first-order chi connectivity index (χ1) is 8.65. The lowest BCUT2D eigenvalue weighted by Crippen LogP contribution is -2.10. The van der Waals surface area contributed by atoms with Gasteiger partial charge in [0.25, 0.3) is 0 Å². The first-order valence-electron chi connectivity index (χ1n) is 6.05. The molecule has 0 amide bonds. The van der Waals surface area contributed by atoms with Crippen molar-refractivity contribution in [3.8, 4) is 0 Å². The molecule has 1 aromatic carbocycles. The molecule has 1 heterocycles. The first-order valence-corrected chi connectivity index (χ1v) is 6.92. The number of hydrogen-bond donors (Lipinski definition) is 1. The SMILES string of the molecule is CC(Nc1ccc(CN(C)C)cc1)c1nccs1. The van der Waals surface area contributed by atoms with Gasteiger partial charge in [0.15, 0.2) is 0 Å². The molecule has 0 aliphatic heterocycles. The van der Waals surface area contributed by atoms with Crippen molar-refractivity contribution in [2.75, 3.05) is 19.4 Å². The second-order valence-electron chi connectivity index (χ2n) is 4.67. The molecule has 1 atom stereocenters. The van der Waals surface area contributed by atoms with Crippen molar-refractivity contribution >= 4 is 17.0 Å². The van der Waals surface area contributed by atoms with E-state index in [9.17, 15) is 0 Å². The van der Waals surface area contributed by atoms with E-state index in [1.807, 2.05) is 11.6 Å². The monoisotopic (exact) mass is 261 g/mol. The van der Waals surface area contributed by atoms with E-state index in [0.29, 0.717) is 0 Å². The van der Waals surface area contributed by atoms with Crippen LogP contribution in [0.2, 0.25) is 0 Å². The molecule has 0 aliphatic rings. The van der Waals surface area contributed by atoms with Gasteiger partial charge in [-0.25, -0.2) is 4.98 Å². The molecule has 0 radical (unpaired) electrons. The van der Waals surface area contributed by atoms with Crippen LogP contribution in [-0.2, 0) is 6.54 Å². The van der Waals surface area contributed by atoms with Gasteiger partial charge in [0.05, 0.1) is 6.04 Å². The summed E-state index contributed by atoms with van der Waals surface area (Å²) in [6.07, 6.45) is 1.85. The fraction of sp³-hybridized carbons (Fsp3) is 0.357. The van der Waals surface area contributed by atoms with Crippen LogP contribution < -0.4 is 5.32 Å². The molecule has 0 bridgehead atoms. The summed E-state index contributed by atoms with van der Waals surface area (Å²) in [7, 11) is 4.16. The first kappa shape index (κ1) is 13.1. The van der Waals surface area contributed by atoms with E-state index in [1.165, 1.54) is 5.56 Å². The maximum absolute atomic E-state index is 4.32. The van der Waals surface area contributed by atoms with E-state index in [1.54, 1.807) is 11.3 Å². The molecule has 0 fully saturated rings. The van der Waals surface area contributed by atoms with Gasteiger partial charge >= 0.3 is 0 Å². The molecule has 2 rings (SSSR count). The largest absolute Gasteiger partial charge is 0.376 e. The number of rotatable bonds is 5. The van der Waals surface area contributed by atoms with Crippen molar-refractivity contribution in [3.63, 3.8) is 0 Å². The summed E-state index contributed by atoms with van der Waals surface area (Å²) in [5.74, 6) is 0. The minimum atomic E-state index is 0.254. The van der Waals surface area contributed by atoms with Gasteiger partial charge in [0.2, 0.25) is 0 Å². The highest BCUT2D eigenvalue weighted by molar-refractivity contribution is 7.09. The van der Waals surface area contributed by atoms with E-state index >= 15 is 0 Å². The quantitative estimate of drug-likeness (QED) is 0.894. The number of nitrogens with zero attached hydrogens (tertiary/aromatic N) is 2. The van der Waals surface area contributed by atoms with Gasteiger partial charge in [-0.15, -0.1) is 11.3 Å². The maximum atomic E-state index is 4.32. The zero-order chi connectivity index (χ0) is 13.0. The van der Waals surface area contributed by atoms with Crippen molar-refractivity contribution in [1.29, 1.82) is 0 Å². The summed E-state index contributed by atoms with van der Waals surface area (Å²) in [5.41, 5.74) is 2.47. The third kappa shape index (κ3) is 3.55. The van der Waals surface area contributed by atoms with Crippen LogP contribution in [-0.4, -0.2) is 24.0 Å². The van der Waals surface area contributed by atoms with Crippen LogP contribution in [0.3, 0.4) is 0 Å². The van der Waals surface area contributed by atoms with Crippen molar-refractivity contribution < 1.29 is 0 Å². The van der Waals surface area contributed by atoms with Gasteiger partial charge in [-0.2, -0.15) is 0 Å². The number of aromatic nitrogens is 1. The number of nitrogens with one attached hydrogen (secondary N) is 1. The Labute approximate surface area is 112 Å². The highest BCUT2D eigenvalue weighted by Crippen LogP contribution is 2.21. The summed E-state index contributed by atoms with van der Waals surface area (Å²) in [6, 6.07) is 8.84. The number of anilines is 1. The van der Waals surface area contributed by atoms with E-state index in [2.05, 4.69) is 60.5 Å². The molecular weight excluding hydrogens is 242 g/mol. The van der Waals surface area contributed by atoms with Gasteiger partial charge in [-0.05, 0) is 38.7 Å². The molecule has 0 spiro atoms. The third-order valence-electron chi connectivity index (χ3n) is 2.66. The summed E-state index contributed by atoms with van der Waals surface area (Å²) in [4.78, 5) is 6.49. The average molecular weight is 261 g/mol. The summed E-state index contributed by atoms with van der Waals surface area (Å²) >= 11 is 1.68. The summed E-state index contributed by atoms with van der Waals surface area (Å²) in [6.45, 7) is 3.11. The van der Waals surface area contributed by atoms with Crippen molar-refractivity contribution in [1.82, 2.24) is 9.88 Å². The van der Waals surface area contributed by atoms with Crippen molar-refractivity contribution in [3.05, 3.63) is 46.4 Å². The maximum Gasteiger partial charge on any atom is 0.115 e. The summed E-state index contributed by atoms with van der Waals surface area (Å²) in [5, 5.41) is 6.58. The zero-order valence-electron chi connectivity index (χ0n) is 11.1. The molecule has 96 valence electrons. The van der Waals surface area contributed by atoms with Gasteiger partial charge in [0.1, 0.15) is 5.01 Å². The van der Waals surface area contributed by atoms with Crippen LogP contribution in [0.25, 0.3) is 0 Å². The lowest BCUT2D eigenvalue weighted by molar-refractivity contribution is 0.402. The normalized spacial score (nSPS) is 12.7. The Morgan fingerprint density at radius 2 is 2.00 bits per heavy atom. The highest BCUT2D eigenvalue weighted by Gasteiger charge is 2.07. The predicted octanol–water partition coefficient (Wildman–Crippen LogP) is 3.38. The van der Waals surface area contributed by atoms with Crippen LogP contribution in [0.1, 0.15) is 23.5 Å². The zero-order valence-corrected chi connectivity index (χ0v) is 11.9. The molecule has 18 heavy (non-hydrogen) atoms. The Morgan fingerprint density at radius 1 is 1.28 bits per heavy atom. The average Bonchev–Trinajstić information content (AvgIpc) is 2.84. The molecule has 0 saturated carbocycles. The van der Waals surface area contributed by atoms with E-state index in [4.69, 9.17) is 0 Å². The molecule has 1 N–H and O–H groups in total. The van der Waals surface area contributed by atoms with Gasteiger partial charge in [-0.1, -0.05) is 12.1 Å². The molecular formula is C14H19N3S. The van der Waals surface area contributed by atoms with Gasteiger partial charge < -0.3 is 10.2 Å². The van der Waals surface area contributed by atoms with Gasteiger partial charge in [-0.3, -0.25) is 0 Å². The predicted molar refractivity (Wildman–Crippen MR) is 78.0 cm³/mol. The van der Waals surface area contributed by atoms with E-state index in [-0.39, 0.29) is 6.04 Å². The second kappa shape index (κ2) is 5.98. The lowest BCUT2D eigenvalue weighted by Gasteiger charge is -2.14. The Bertz CT molecular complexity index is 462. The minimum Gasteiger partial charge on any atom is -0.376 e. The molecule has 0 saturated heterocycles. The smallest absolute Gasteiger partial charge is 0.115 e. The van der Waals surface area contributed by atoms with E-state index < -0.39 is 0 Å². The Balaban J connectivity index is 1.98. The highest BCUT2D eigenvalue weighted by atomic mass is 32.1. The topological polar surface area (TPSA) is 28.2 Å². The molecule has 4 heteroatoms.